The molecule has 0 fully saturated rings. The molecule has 3 rings (SSSR count). The molecule has 0 saturated carbocycles. The lowest BCUT2D eigenvalue weighted by molar-refractivity contribution is 0.0951. The Labute approximate surface area is 139 Å². The maximum absolute atomic E-state index is 12.3. The highest BCUT2D eigenvalue weighted by molar-refractivity contribution is 6.30. The number of rotatable bonds is 3. The number of aryl methyl sites for hydroxylation is 2. The van der Waals surface area contributed by atoms with Gasteiger partial charge in [0.15, 0.2) is 0 Å². The van der Waals surface area contributed by atoms with Crippen molar-refractivity contribution in [1.82, 2.24) is 15.3 Å². The van der Waals surface area contributed by atoms with E-state index in [-0.39, 0.29) is 5.91 Å². The van der Waals surface area contributed by atoms with Crippen LogP contribution >= 0.6 is 11.6 Å². The fraction of sp³-hybridized carbons (Fsp3) is 0.167. The highest BCUT2D eigenvalue weighted by Gasteiger charge is 2.08. The van der Waals surface area contributed by atoms with E-state index in [1.807, 2.05) is 32.0 Å². The number of carbonyl (C=O) groups is 1. The number of aromatic nitrogens is 2. The third-order valence-corrected chi connectivity index (χ3v) is 3.96. The summed E-state index contributed by atoms with van der Waals surface area (Å²) >= 11 is 5.85. The zero-order valence-corrected chi connectivity index (χ0v) is 13.7. The minimum Gasteiger partial charge on any atom is -0.348 e. The highest BCUT2D eigenvalue weighted by atomic mass is 35.5. The summed E-state index contributed by atoms with van der Waals surface area (Å²) in [5, 5.41) is 3.57. The van der Waals surface area contributed by atoms with Gasteiger partial charge in [0.05, 0.1) is 22.4 Å². The Hall–Kier alpha value is -2.46. The molecule has 23 heavy (non-hydrogen) atoms. The van der Waals surface area contributed by atoms with Crippen molar-refractivity contribution in [3.8, 4) is 0 Å². The van der Waals surface area contributed by atoms with Crippen LogP contribution in [0, 0.1) is 13.8 Å². The first-order valence-corrected chi connectivity index (χ1v) is 7.68. The van der Waals surface area contributed by atoms with E-state index < -0.39 is 0 Å². The van der Waals surface area contributed by atoms with Crippen LogP contribution in [0.3, 0.4) is 0 Å². The predicted molar refractivity (Wildman–Crippen MR) is 91.6 cm³/mol. The first kappa shape index (κ1) is 15.4. The summed E-state index contributed by atoms with van der Waals surface area (Å²) in [6.45, 7) is 4.29. The number of nitrogens with zero attached hydrogens (tertiary/aromatic N) is 2. The lowest BCUT2D eigenvalue weighted by Gasteiger charge is -2.07. The van der Waals surface area contributed by atoms with Crippen LogP contribution in [-0.2, 0) is 6.54 Å². The fourth-order valence-electron chi connectivity index (χ4n) is 2.26. The maximum atomic E-state index is 12.3. The van der Waals surface area contributed by atoms with Gasteiger partial charge in [-0.3, -0.25) is 4.79 Å². The molecule has 1 heterocycles. The van der Waals surface area contributed by atoms with E-state index in [0.29, 0.717) is 17.1 Å². The van der Waals surface area contributed by atoms with E-state index in [1.54, 1.807) is 24.3 Å². The zero-order chi connectivity index (χ0) is 16.4. The molecule has 0 atom stereocenters. The van der Waals surface area contributed by atoms with Crippen molar-refractivity contribution in [3.05, 3.63) is 70.0 Å². The number of fused-ring (bicyclic) bond motifs is 1. The second-order valence-electron chi connectivity index (χ2n) is 5.41. The molecule has 3 aromatic rings. The predicted octanol–water partition coefficient (Wildman–Crippen LogP) is 3.83. The van der Waals surface area contributed by atoms with Crippen molar-refractivity contribution in [2.24, 2.45) is 0 Å². The quantitative estimate of drug-likeness (QED) is 0.796. The molecule has 2 aromatic carbocycles. The number of halogens is 1. The minimum atomic E-state index is -0.137. The lowest BCUT2D eigenvalue weighted by atomic mass is 10.1. The highest BCUT2D eigenvalue weighted by Crippen LogP contribution is 2.15. The second-order valence-corrected chi connectivity index (χ2v) is 5.84. The summed E-state index contributed by atoms with van der Waals surface area (Å²) in [6, 6.07) is 12.8. The van der Waals surface area contributed by atoms with Crippen molar-refractivity contribution >= 4 is 28.5 Å². The number of hydrogen-bond acceptors (Lipinski definition) is 3. The molecule has 4 nitrogen and oxygen atoms in total. The molecule has 0 aliphatic heterocycles. The van der Waals surface area contributed by atoms with Crippen LogP contribution in [0.5, 0.6) is 0 Å². The molecule has 1 N–H and O–H groups in total. The van der Waals surface area contributed by atoms with Crippen LogP contribution in [0.4, 0.5) is 0 Å². The van der Waals surface area contributed by atoms with E-state index in [9.17, 15) is 4.79 Å². The van der Waals surface area contributed by atoms with Crippen molar-refractivity contribution in [1.29, 1.82) is 0 Å². The molecule has 1 amide bonds. The summed E-state index contributed by atoms with van der Waals surface area (Å²) in [5.74, 6) is -0.137. The topological polar surface area (TPSA) is 54.9 Å². The Morgan fingerprint density at radius 3 is 2.35 bits per heavy atom. The molecule has 0 unspecified atom stereocenters. The summed E-state index contributed by atoms with van der Waals surface area (Å²) in [6.07, 6.45) is 0. The summed E-state index contributed by atoms with van der Waals surface area (Å²) in [7, 11) is 0. The molecule has 0 bridgehead atoms. The molecule has 0 aliphatic carbocycles. The van der Waals surface area contributed by atoms with Gasteiger partial charge in [-0.25, -0.2) is 9.97 Å². The second kappa shape index (κ2) is 6.34. The van der Waals surface area contributed by atoms with Gasteiger partial charge < -0.3 is 5.32 Å². The van der Waals surface area contributed by atoms with Crippen molar-refractivity contribution in [3.63, 3.8) is 0 Å². The van der Waals surface area contributed by atoms with E-state index in [4.69, 9.17) is 11.6 Å². The van der Waals surface area contributed by atoms with Gasteiger partial charge in [-0.15, -0.1) is 0 Å². The van der Waals surface area contributed by atoms with Crippen LogP contribution < -0.4 is 5.32 Å². The van der Waals surface area contributed by atoms with E-state index in [1.165, 1.54) is 0 Å². The largest absolute Gasteiger partial charge is 0.348 e. The van der Waals surface area contributed by atoms with Gasteiger partial charge >= 0.3 is 0 Å². The normalized spacial score (nSPS) is 10.7. The molecule has 0 saturated heterocycles. The van der Waals surface area contributed by atoms with E-state index in [0.717, 1.165) is 28.0 Å². The minimum absolute atomic E-state index is 0.137. The first-order chi connectivity index (χ1) is 11.0. The Balaban J connectivity index is 1.77. The molecule has 0 spiro atoms. The van der Waals surface area contributed by atoms with Crippen LogP contribution in [0.25, 0.3) is 11.0 Å². The average Bonchev–Trinajstić information content (AvgIpc) is 2.54. The van der Waals surface area contributed by atoms with E-state index >= 15 is 0 Å². The number of amides is 1. The average molecular weight is 326 g/mol. The molecule has 116 valence electrons. The van der Waals surface area contributed by atoms with Gasteiger partial charge in [0.25, 0.3) is 5.91 Å². The fourth-order valence-corrected chi connectivity index (χ4v) is 2.38. The number of carbonyl (C=O) groups excluding carboxylic acids is 1. The number of nitrogens with one attached hydrogen (secondary N) is 1. The number of benzene rings is 2. The smallest absolute Gasteiger partial charge is 0.251 e. The van der Waals surface area contributed by atoms with Gasteiger partial charge in [-0.2, -0.15) is 0 Å². The van der Waals surface area contributed by atoms with Gasteiger partial charge in [0.1, 0.15) is 0 Å². The van der Waals surface area contributed by atoms with Crippen LogP contribution in [0.2, 0.25) is 5.02 Å². The molecule has 5 heteroatoms. The van der Waals surface area contributed by atoms with E-state index in [2.05, 4.69) is 15.3 Å². The SMILES string of the molecule is Cc1nc2ccc(C(=O)NCc3ccc(Cl)cc3)cc2nc1C. The van der Waals surface area contributed by atoms with Gasteiger partial charge in [0.2, 0.25) is 0 Å². The van der Waals surface area contributed by atoms with Gasteiger partial charge in [-0.05, 0) is 49.7 Å². The van der Waals surface area contributed by atoms with Crippen molar-refractivity contribution in [2.45, 2.75) is 20.4 Å². The van der Waals surface area contributed by atoms with Gasteiger partial charge in [-0.1, -0.05) is 23.7 Å². The molecular weight excluding hydrogens is 310 g/mol. The monoisotopic (exact) mass is 325 g/mol. The third kappa shape index (κ3) is 3.48. The summed E-state index contributed by atoms with van der Waals surface area (Å²) in [4.78, 5) is 21.3. The Morgan fingerprint density at radius 2 is 1.65 bits per heavy atom. The number of hydrogen-bond donors (Lipinski definition) is 1. The third-order valence-electron chi connectivity index (χ3n) is 3.70. The summed E-state index contributed by atoms with van der Waals surface area (Å²) < 4.78 is 0. The lowest BCUT2D eigenvalue weighted by Crippen LogP contribution is -2.22. The van der Waals surface area contributed by atoms with Crippen LogP contribution in [-0.4, -0.2) is 15.9 Å². The molecular formula is C18H16ClN3O. The first-order valence-electron chi connectivity index (χ1n) is 7.30. The Kier molecular flexibility index (Phi) is 4.26. The van der Waals surface area contributed by atoms with Crippen molar-refractivity contribution in [2.75, 3.05) is 0 Å². The zero-order valence-electron chi connectivity index (χ0n) is 12.9. The maximum Gasteiger partial charge on any atom is 0.251 e. The van der Waals surface area contributed by atoms with Crippen LogP contribution in [0.1, 0.15) is 27.3 Å². The molecule has 1 aromatic heterocycles. The Morgan fingerprint density at radius 1 is 1.00 bits per heavy atom. The van der Waals surface area contributed by atoms with Gasteiger partial charge in [0, 0.05) is 17.1 Å². The van der Waals surface area contributed by atoms with Crippen LogP contribution in [0.15, 0.2) is 42.5 Å². The molecule has 0 radical (unpaired) electrons. The Bertz CT molecular complexity index is 875. The molecule has 0 aliphatic rings. The standard InChI is InChI=1S/C18H16ClN3O/c1-11-12(2)22-17-9-14(5-8-16(17)21-11)18(23)20-10-13-3-6-15(19)7-4-13/h3-9H,10H2,1-2H3,(H,20,23). The van der Waals surface area contributed by atoms with Crippen molar-refractivity contribution < 1.29 is 4.79 Å². The summed E-state index contributed by atoms with van der Waals surface area (Å²) in [5.41, 5.74) is 4.86.